The van der Waals surface area contributed by atoms with Crippen LogP contribution >= 0.6 is 0 Å². The van der Waals surface area contributed by atoms with Crippen molar-refractivity contribution >= 4 is 0 Å². The van der Waals surface area contributed by atoms with Crippen LogP contribution < -0.4 is 5.32 Å². The zero-order valence-electron chi connectivity index (χ0n) is 7.94. The van der Waals surface area contributed by atoms with Crippen molar-refractivity contribution in [2.45, 2.75) is 39.7 Å². The molecule has 0 spiro atoms. The zero-order valence-corrected chi connectivity index (χ0v) is 7.94. The SMILES string of the molecule is CCNC(C#N)(CC)C(C)C. The Labute approximate surface area is 69.6 Å². The molecule has 0 aromatic heterocycles. The Balaban J connectivity index is 4.36. The summed E-state index contributed by atoms with van der Waals surface area (Å²) in [4.78, 5) is 0. The van der Waals surface area contributed by atoms with E-state index in [1.807, 2.05) is 13.8 Å². The van der Waals surface area contributed by atoms with Crippen LogP contribution in [-0.2, 0) is 0 Å². The van der Waals surface area contributed by atoms with Gasteiger partial charge in [0.15, 0.2) is 0 Å². The average Bonchev–Trinajstić information content (AvgIpc) is 2.00. The van der Waals surface area contributed by atoms with E-state index in [0.29, 0.717) is 5.92 Å². The van der Waals surface area contributed by atoms with Crippen LogP contribution in [0.25, 0.3) is 0 Å². The van der Waals surface area contributed by atoms with Gasteiger partial charge in [0.05, 0.1) is 6.07 Å². The first-order chi connectivity index (χ1) is 5.13. The van der Waals surface area contributed by atoms with Crippen molar-refractivity contribution in [3.8, 4) is 6.07 Å². The zero-order chi connectivity index (χ0) is 8.91. The van der Waals surface area contributed by atoms with Gasteiger partial charge in [-0.25, -0.2) is 0 Å². The maximum absolute atomic E-state index is 8.97. The fraction of sp³-hybridized carbons (Fsp3) is 0.889. The lowest BCUT2D eigenvalue weighted by atomic mass is 9.85. The van der Waals surface area contributed by atoms with E-state index in [4.69, 9.17) is 5.26 Å². The molecule has 1 unspecified atom stereocenters. The number of hydrogen-bond acceptors (Lipinski definition) is 2. The van der Waals surface area contributed by atoms with Crippen LogP contribution in [-0.4, -0.2) is 12.1 Å². The molecule has 0 radical (unpaired) electrons. The van der Waals surface area contributed by atoms with E-state index in [9.17, 15) is 0 Å². The summed E-state index contributed by atoms with van der Waals surface area (Å²) in [6.07, 6.45) is 0.870. The summed E-state index contributed by atoms with van der Waals surface area (Å²) >= 11 is 0. The standard InChI is InChI=1S/C9H18N2/c1-5-9(7-10,8(3)4)11-6-2/h8,11H,5-6H2,1-4H3. The molecule has 0 fully saturated rings. The predicted octanol–water partition coefficient (Wildman–Crippen LogP) is 1.92. The van der Waals surface area contributed by atoms with Gasteiger partial charge in [-0.05, 0) is 18.9 Å². The normalized spacial score (nSPS) is 16.0. The molecule has 0 aromatic rings. The van der Waals surface area contributed by atoms with Gasteiger partial charge in [0.2, 0.25) is 0 Å². The number of hydrogen-bond donors (Lipinski definition) is 1. The van der Waals surface area contributed by atoms with E-state index < -0.39 is 0 Å². The molecule has 0 aliphatic heterocycles. The first-order valence-corrected chi connectivity index (χ1v) is 4.29. The van der Waals surface area contributed by atoms with Gasteiger partial charge in [-0.1, -0.05) is 27.7 Å². The van der Waals surface area contributed by atoms with Gasteiger partial charge in [-0.2, -0.15) is 5.26 Å². The highest BCUT2D eigenvalue weighted by Crippen LogP contribution is 2.19. The quantitative estimate of drug-likeness (QED) is 0.671. The molecule has 11 heavy (non-hydrogen) atoms. The van der Waals surface area contributed by atoms with E-state index in [1.165, 1.54) is 0 Å². The van der Waals surface area contributed by atoms with E-state index in [1.54, 1.807) is 0 Å². The number of nitriles is 1. The molecule has 64 valence electrons. The van der Waals surface area contributed by atoms with E-state index in [0.717, 1.165) is 13.0 Å². The largest absolute Gasteiger partial charge is 0.299 e. The Morgan fingerprint density at radius 3 is 2.09 bits per heavy atom. The fourth-order valence-electron chi connectivity index (χ4n) is 1.30. The first kappa shape index (κ1) is 10.4. The van der Waals surface area contributed by atoms with Crippen molar-refractivity contribution < 1.29 is 0 Å². The van der Waals surface area contributed by atoms with Crippen molar-refractivity contribution in [2.75, 3.05) is 6.54 Å². The van der Waals surface area contributed by atoms with Gasteiger partial charge < -0.3 is 0 Å². The third-order valence-corrected chi connectivity index (χ3v) is 2.24. The fourth-order valence-corrected chi connectivity index (χ4v) is 1.30. The highest BCUT2D eigenvalue weighted by Gasteiger charge is 2.30. The van der Waals surface area contributed by atoms with Crippen LogP contribution in [0.2, 0.25) is 0 Å². The van der Waals surface area contributed by atoms with Gasteiger partial charge in [0, 0.05) is 0 Å². The van der Waals surface area contributed by atoms with Gasteiger partial charge in [0.25, 0.3) is 0 Å². The average molecular weight is 154 g/mol. The van der Waals surface area contributed by atoms with E-state index >= 15 is 0 Å². The Hall–Kier alpha value is -0.550. The Morgan fingerprint density at radius 1 is 1.45 bits per heavy atom. The third-order valence-electron chi connectivity index (χ3n) is 2.24. The topological polar surface area (TPSA) is 35.8 Å². The van der Waals surface area contributed by atoms with E-state index in [2.05, 4.69) is 25.2 Å². The number of nitrogens with zero attached hydrogens (tertiary/aromatic N) is 1. The minimum atomic E-state index is -0.311. The maximum atomic E-state index is 8.97. The second-order valence-electron chi connectivity index (χ2n) is 3.12. The molecule has 0 heterocycles. The van der Waals surface area contributed by atoms with Gasteiger partial charge in [0.1, 0.15) is 5.54 Å². The second-order valence-corrected chi connectivity index (χ2v) is 3.12. The summed E-state index contributed by atoms with van der Waals surface area (Å²) in [5.74, 6) is 0.373. The summed E-state index contributed by atoms with van der Waals surface area (Å²) in [5, 5.41) is 12.2. The van der Waals surface area contributed by atoms with Gasteiger partial charge in [-0.15, -0.1) is 0 Å². The maximum Gasteiger partial charge on any atom is 0.108 e. The van der Waals surface area contributed by atoms with Crippen molar-refractivity contribution in [2.24, 2.45) is 5.92 Å². The lowest BCUT2D eigenvalue weighted by Gasteiger charge is -2.30. The van der Waals surface area contributed by atoms with Crippen molar-refractivity contribution in [1.82, 2.24) is 5.32 Å². The molecular weight excluding hydrogens is 136 g/mol. The molecule has 0 saturated heterocycles. The monoisotopic (exact) mass is 154 g/mol. The number of nitrogens with one attached hydrogen (secondary N) is 1. The van der Waals surface area contributed by atoms with Crippen molar-refractivity contribution in [1.29, 1.82) is 5.26 Å². The summed E-state index contributed by atoms with van der Waals surface area (Å²) in [5.41, 5.74) is -0.311. The Kier molecular flexibility index (Phi) is 4.14. The molecule has 1 atom stereocenters. The molecule has 0 amide bonds. The molecule has 0 aromatic carbocycles. The van der Waals surface area contributed by atoms with Crippen LogP contribution in [0.4, 0.5) is 0 Å². The summed E-state index contributed by atoms with van der Waals surface area (Å²) in [7, 11) is 0. The van der Waals surface area contributed by atoms with E-state index in [-0.39, 0.29) is 5.54 Å². The van der Waals surface area contributed by atoms with Crippen LogP contribution in [0.3, 0.4) is 0 Å². The highest BCUT2D eigenvalue weighted by atomic mass is 15.0. The third kappa shape index (κ3) is 2.20. The van der Waals surface area contributed by atoms with Crippen LogP contribution in [0.1, 0.15) is 34.1 Å². The van der Waals surface area contributed by atoms with Gasteiger partial charge in [-0.3, -0.25) is 5.32 Å². The van der Waals surface area contributed by atoms with Crippen molar-refractivity contribution in [3.63, 3.8) is 0 Å². The minimum absolute atomic E-state index is 0.311. The van der Waals surface area contributed by atoms with Crippen molar-refractivity contribution in [3.05, 3.63) is 0 Å². The van der Waals surface area contributed by atoms with Crippen LogP contribution in [0.5, 0.6) is 0 Å². The molecule has 0 aliphatic rings. The summed E-state index contributed by atoms with van der Waals surface area (Å²) < 4.78 is 0. The second kappa shape index (κ2) is 4.35. The molecule has 0 rings (SSSR count). The highest BCUT2D eigenvalue weighted by molar-refractivity contribution is 5.08. The molecule has 2 heteroatoms. The molecule has 0 bridgehead atoms. The number of rotatable bonds is 4. The Morgan fingerprint density at radius 2 is 2.00 bits per heavy atom. The molecule has 1 N–H and O–H groups in total. The molecule has 0 saturated carbocycles. The smallest absolute Gasteiger partial charge is 0.108 e. The van der Waals surface area contributed by atoms with Crippen LogP contribution in [0, 0.1) is 17.2 Å². The summed E-state index contributed by atoms with van der Waals surface area (Å²) in [6, 6.07) is 2.35. The minimum Gasteiger partial charge on any atom is -0.299 e. The molecule has 0 aliphatic carbocycles. The van der Waals surface area contributed by atoms with Crippen LogP contribution in [0.15, 0.2) is 0 Å². The Bertz CT molecular complexity index is 146. The lowest BCUT2D eigenvalue weighted by molar-refractivity contribution is 0.306. The lowest BCUT2D eigenvalue weighted by Crippen LogP contribution is -2.47. The predicted molar refractivity (Wildman–Crippen MR) is 47.1 cm³/mol. The molecule has 2 nitrogen and oxygen atoms in total. The first-order valence-electron chi connectivity index (χ1n) is 4.29. The molecular formula is C9H18N2. The summed E-state index contributed by atoms with van der Waals surface area (Å²) in [6.45, 7) is 9.10. The van der Waals surface area contributed by atoms with Gasteiger partial charge >= 0.3 is 0 Å².